The van der Waals surface area contributed by atoms with Gasteiger partial charge in [0, 0.05) is 24.0 Å². The topological polar surface area (TPSA) is 46.3 Å². The Balaban J connectivity index is 1.93. The Bertz CT molecular complexity index is 464. The molecule has 1 fully saturated rings. The van der Waals surface area contributed by atoms with Crippen LogP contribution in [0.4, 0.5) is 0 Å². The van der Waals surface area contributed by atoms with Crippen molar-refractivity contribution in [1.29, 1.82) is 0 Å². The number of amides is 1. The number of carbonyl (C=O) groups is 1. The average Bonchev–Trinajstić information content (AvgIpc) is 2.46. The van der Waals surface area contributed by atoms with Crippen molar-refractivity contribution in [2.45, 2.75) is 37.6 Å². The van der Waals surface area contributed by atoms with Crippen molar-refractivity contribution < 1.29 is 4.79 Å². The molecule has 0 aromatic heterocycles. The Morgan fingerprint density at radius 3 is 2.90 bits per heavy atom. The number of aryl methyl sites for hydroxylation is 1. The Labute approximate surface area is 125 Å². The van der Waals surface area contributed by atoms with Gasteiger partial charge in [-0.3, -0.25) is 4.79 Å². The molecule has 1 aromatic carbocycles. The molecule has 4 heteroatoms. The minimum absolute atomic E-state index is 0.223. The Morgan fingerprint density at radius 1 is 1.45 bits per heavy atom. The molecule has 2 unspecified atom stereocenters. The molecule has 2 N–H and O–H groups in total. The van der Waals surface area contributed by atoms with E-state index in [1.54, 1.807) is 11.8 Å². The fourth-order valence-electron chi connectivity index (χ4n) is 2.74. The number of rotatable bonds is 4. The molecule has 0 radical (unpaired) electrons. The number of thioether (sulfide) groups is 1. The van der Waals surface area contributed by atoms with Crippen LogP contribution >= 0.6 is 11.8 Å². The van der Waals surface area contributed by atoms with Crippen molar-refractivity contribution in [2.24, 2.45) is 11.7 Å². The van der Waals surface area contributed by atoms with E-state index in [-0.39, 0.29) is 11.9 Å². The number of carbonyl (C=O) groups excluding carboxylic acids is 1. The maximum absolute atomic E-state index is 12.4. The van der Waals surface area contributed by atoms with Gasteiger partial charge in [-0.05, 0) is 37.3 Å². The summed E-state index contributed by atoms with van der Waals surface area (Å²) in [6.07, 6.45) is 2.13. The SMILES string of the molecule is Cc1ccccc1SCC(=O)N1CCC(C)CC1CN. The first kappa shape index (κ1) is 15.4. The number of benzene rings is 1. The minimum atomic E-state index is 0.223. The third-order valence-electron chi connectivity index (χ3n) is 4.02. The molecule has 0 bridgehead atoms. The van der Waals surface area contributed by atoms with E-state index in [1.165, 1.54) is 10.5 Å². The smallest absolute Gasteiger partial charge is 0.233 e. The van der Waals surface area contributed by atoms with Crippen molar-refractivity contribution >= 4 is 17.7 Å². The summed E-state index contributed by atoms with van der Waals surface area (Å²) in [4.78, 5) is 15.6. The van der Waals surface area contributed by atoms with E-state index in [9.17, 15) is 4.79 Å². The highest BCUT2D eigenvalue weighted by atomic mass is 32.2. The summed E-state index contributed by atoms with van der Waals surface area (Å²) in [5.74, 6) is 1.41. The molecule has 20 heavy (non-hydrogen) atoms. The fraction of sp³-hybridized carbons (Fsp3) is 0.562. The van der Waals surface area contributed by atoms with Gasteiger partial charge in [-0.25, -0.2) is 0 Å². The van der Waals surface area contributed by atoms with Crippen LogP contribution in [0.3, 0.4) is 0 Å². The zero-order valence-corrected chi connectivity index (χ0v) is 13.2. The first-order chi connectivity index (χ1) is 9.61. The van der Waals surface area contributed by atoms with Crippen LogP contribution in [0.25, 0.3) is 0 Å². The van der Waals surface area contributed by atoms with Gasteiger partial charge >= 0.3 is 0 Å². The number of hydrogen-bond acceptors (Lipinski definition) is 3. The first-order valence-electron chi connectivity index (χ1n) is 7.29. The van der Waals surface area contributed by atoms with E-state index in [1.807, 2.05) is 17.0 Å². The van der Waals surface area contributed by atoms with Gasteiger partial charge in [0.25, 0.3) is 0 Å². The van der Waals surface area contributed by atoms with Gasteiger partial charge in [0.2, 0.25) is 5.91 Å². The molecule has 2 rings (SSSR count). The highest BCUT2D eigenvalue weighted by molar-refractivity contribution is 8.00. The van der Waals surface area contributed by atoms with E-state index in [0.717, 1.165) is 19.4 Å². The Kier molecular flexibility index (Phi) is 5.49. The van der Waals surface area contributed by atoms with Crippen molar-refractivity contribution in [3.8, 4) is 0 Å². The standard InChI is InChI=1S/C16H24N2OS/c1-12-7-8-18(14(9-12)10-17)16(19)11-20-15-6-4-3-5-13(15)2/h3-6,12,14H,7-11,17H2,1-2H3. The second kappa shape index (κ2) is 7.14. The van der Waals surface area contributed by atoms with Gasteiger partial charge in [-0.1, -0.05) is 25.1 Å². The fourth-order valence-corrected chi connectivity index (χ4v) is 3.66. The lowest BCUT2D eigenvalue weighted by Crippen LogP contribution is -2.49. The molecule has 1 aromatic rings. The predicted octanol–water partition coefficient (Wildman–Crippen LogP) is 2.67. The summed E-state index contributed by atoms with van der Waals surface area (Å²) in [5, 5.41) is 0. The molecule has 0 spiro atoms. The summed E-state index contributed by atoms with van der Waals surface area (Å²) < 4.78 is 0. The predicted molar refractivity (Wildman–Crippen MR) is 84.9 cm³/mol. The van der Waals surface area contributed by atoms with Crippen LogP contribution in [0, 0.1) is 12.8 Å². The van der Waals surface area contributed by atoms with E-state index >= 15 is 0 Å². The molecule has 110 valence electrons. The summed E-state index contributed by atoms with van der Waals surface area (Å²) in [6, 6.07) is 8.43. The van der Waals surface area contributed by atoms with Gasteiger partial charge in [0.1, 0.15) is 0 Å². The van der Waals surface area contributed by atoms with E-state index in [2.05, 4.69) is 26.0 Å². The number of likely N-dealkylation sites (tertiary alicyclic amines) is 1. The van der Waals surface area contributed by atoms with Crippen LogP contribution in [0.1, 0.15) is 25.3 Å². The minimum Gasteiger partial charge on any atom is -0.338 e. The Hall–Kier alpha value is -1.00. The van der Waals surface area contributed by atoms with Gasteiger partial charge < -0.3 is 10.6 Å². The zero-order valence-electron chi connectivity index (χ0n) is 12.3. The average molecular weight is 292 g/mol. The van der Waals surface area contributed by atoms with Crippen molar-refractivity contribution in [3.05, 3.63) is 29.8 Å². The van der Waals surface area contributed by atoms with Crippen LogP contribution in [-0.2, 0) is 4.79 Å². The largest absolute Gasteiger partial charge is 0.338 e. The van der Waals surface area contributed by atoms with Crippen LogP contribution in [-0.4, -0.2) is 35.7 Å². The Morgan fingerprint density at radius 2 is 2.20 bits per heavy atom. The summed E-state index contributed by atoms with van der Waals surface area (Å²) in [5.41, 5.74) is 7.05. The second-order valence-electron chi connectivity index (χ2n) is 5.66. The monoisotopic (exact) mass is 292 g/mol. The highest BCUT2D eigenvalue weighted by Crippen LogP contribution is 2.25. The molecular formula is C16H24N2OS. The van der Waals surface area contributed by atoms with E-state index in [0.29, 0.717) is 18.2 Å². The van der Waals surface area contributed by atoms with Gasteiger partial charge in [0.15, 0.2) is 0 Å². The number of nitrogens with zero attached hydrogens (tertiary/aromatic N) is 1. The highest BCUT2D eigenvalue weighted by Gasteiger charge is 2.28. The number of hydrogen-bond donors (Lipinski definition) is 1. The normalized spacial score (nSPS) is 22.9. The molecule has 1 amide bonds. The maximum Gasteiger partial charge on any atom is 0.233 e. The number of nitrogens with two attached hydrogens (primary N) is 1. The van der Waals surface area contributed by atoms with Crippen LogP contribution in [0.15, 0.2) is 29.2 Å². The molecule has 3 nitrogen and oxygen atoms in total. The number of piperidine rings is 1. The van der Waals surface area contributed by atoms with E-state index < -0.39 is 0 Å². The van der Waals surface area contributed by atoms with Crippen molar-refractivity contribution in [1.82, 2.24) is 4.90 Å². The summed E-state index contributed by atoms with van der Waals surface area (Å²) in [6.45, 7) is 5.76. The third kappa shape index (κ3) is 3.76. The lowest BCUT2D eigenvalue weighted by atomic mass is 9.92. The molecule has 1 aliphatic rings. The summed E-state index contributed by atoms with van der Waals surface area (Å²) in [7, 11) is 0. The molecule has 1 saturated heterocycles. The molecular weight excluding hydrogens is 268 g/mol. The van der Waals surface area contributed by atoms with Gasteiger partial charge in [-0.15, -0.1) is 11.8 Å². The van der Waals surface area contributed by atoms with Gasteiger partial charge in [-0.2, -0.15) is 0 Å². The van der Waals surface area contributed by atoms with Crippen LogP contribution in [0.2, 0.25) is 0 Å². The molecule has 0 saturated carbocycles. The van der Waals surface area contributed by atoms with Crippen LogP contribution in [0.5, 0.6) is 0 Å². The second-order valence-corrected chi connectivity index (χ2v) is 6.68. The maximum atomic E-state index is 12.4. The lowest BCUT2D eigenvalue weighted by molar-refractivity contribution is -0.132. The molecule has 1 aliphatic heterocycles. The van der Waals surface area contributed by atoms with Crippen molar-refractivity contribution in [2.75, 3.05) is 18.8 Å². The van der Waals surface area contributed by atoms with Crippen molar-refractivity contribution in [3.63, 3.8) is 0 Å². The molecule has 2 atom stereocenters. The lowest BCUT2D eigenvalue weighted by Gasteiger charge is -2.38. The molecule has 1 heterocycles. The molecule has 0 aliphatic carbocycles. The van der Waals surface area contributed by atoms with Crippen LogP contribution < -0.4 is 5.73 Å². The quantitative estimate of drug-likeness (QED) is 0.868. The zero-order chi connectivity index (χ0) is 14.5. The summed E-state index contributed by atoms with van der Waals surface area (Å²) >= 11 is 1.63. The van der Waals surface area contributed by atoms with E-state index in [4.69, 9.17) is 5.73 Å². The van der Waals surface area contributed by atoms with Gasteiger partial charge in [0.05, 0.1) is 5.75 Å². The third-order valence-corrected chi connectivity index (χ3v) is 5.18. The first-order valence-corrected chi connectivity index (χ1v) is 8.28.